The van der Waals surface area contributed by atoms with Crippen LogP contribution in [-0.2, 0) is 6.42 Å². The topological polar surface area (TPSA) is 41.8 Å². The van der Waals surface area contributed by atoms with E-state index in [0.717, 1.165) is 6.42 Å². The minimum Gasteiger partial charge on any atom is -0.361 e. The van der Waals surface area contributed by atoms with Gasteiger partial charge in [0.25, 0.3) is 0 Å². The van der Waals surface area contributed by atoms with Gasteiger partial charge in [-0.2, -0.15) is 0 Å². The largest absolute Gasteiger partial charge is 0.361 e. The molecule has 3 N–H and O–H groups in total. The Kier molecular flexibility index (Phi) is 2.07. The summed E-state index contributed by atoms with van der Waals surface area (Å²) in [4.78, 5) is 3.24. The molecule has 0 saturated carbocycles. The molecule has 0 saturated heterocycles. The number of fused-ring (bicyclic) bond motifs is 1. The van der Waals surface area contributed by atoms with Gasteiger partial charge in [-0.15, -0.1) is 0 Å². The second-order valence-corrected chi connectivity index (χ2v) is 3.54. The molecule has 0 amide bonds. The molecular weight excluding hydrogens is 160 g/mol. The standard InChI is InChI=1S/C11H14N2/c1-8(12)7-10-4-2-3-9-5-6-13-11(9)10/h2-6,8,13H,7,12H2,1H3/t8-/m1/s1. The molecule has 0 fully saturated rings. The van der Waals surface area contributed by atoms with Gasteiger partial charge in [0.2, 0.25) is 0 Å². The molecule has 1 heterocycles. The maximum absolute atomic E-state index is 5.77. The molecule has 0 radical (unpaired) electrons. The summed E-state index contributed by atoms with van der Waals surface area (Å²) >= 11 is 0. The molecule has 2 aromatic rings. The molecule has 0 bridgehead atoms. The van der Waals surface area contributed by atoms with Gasteiger partial charge in [-0.05, 0) is 30.4 Å². The quantitative estimate of drug-likeness (QED) is 0.719. The minimum atomic E-state index is 0.217. The molecule has 0 aliphatic rings. The highest BCUT2D eigenvalue weighted by Gasteiger charge is 2.03. The lowest BCUT2D eigenvalue weighted by Gasteiger charge is -2.05. The number of aromatic nitrogens is 1. The van der Waals surface area contributed by atoms with Crippen molar-refractivity contribution in [1.82, 2.24) is 4.98 Å². The van der Waals surface area contributed by atoms with E-state index in [1.54, 1.807) is 0 Å². The van der Waals surface area contributed by atoms with Crippen molar-refractivity contribution in [2.24, 2.45) is 5.73 Å². The third kappa shape index (κ3) is 1.58. The zero-order valence-corrected chi connectivity index (χ0v) is 7.75. The Bertz CT molecular complexity index is 401. The first-order valence-corrected chi connectivity index (χ1v) is 4.58. The van der Waals surface area contributed by atoms with Gasteiger partial charge in [0.15, 0.2) is 0 Å². The Morgan fingerprint density at radius 2 is 2.23 bits per heavy atom. The second-order valence-electron chi connectivity index (χ2n) is 3.54. The number of nitrogens with two attached hydrogens (primary N) is 1. The van der Waals surface area contributed by atoms with Gasteiger partial charge in [0.05, 0.1) is 0 Å². The summed E-state index contributed by atoms with van der Waals surface area (Å²) in [6, 6.07) is 8.61. The molecule has 2 rings (SSSR count). The summed E-state index contributed by atoms with van der Waals surface area (Å²) in [6.07, 6.45) is 2.90. The van der Waals surface area contributed by atoms with Crippen LogP contribution in [0.1, 0.15) is 12.5 Å². The summed E-state index contributed by atoms with van der Waals surface area (Å²) in [5, 5.41) is 1.26. The number of para-hydroxylation sites is 1. The highest BCUT2D eigenvalue weighted by atomic mass is 14.7. The van der Waals surface area contributed by atoms with Crippen molar-refractivity contribution in [3.8, 4) is 0 Å². The predicted molar refractivity (Wildman–Crippen MR) is 55.7 cm³/mol. The molecule has 13 heavy (non-hydrogen) atoms. The number of H-pyrrole nitrogens is 1. The summed E-state index contributed by atoms with van der Waals surface area (Å²) in [6.45, 7) is 2.03. The molecule has 0 unspecified atom stereocenters. The van der Waals surface area contributed by atoms with Crippen LogP contribution in [0.4, 0.5) is 0 Å². The van der Waals surface area contributed by atoms with E-state index >= 15 is 0 Å². The fourth-order valence-electron chi connectivity index (χ4n) is 1.67. The van der Waals surface area contributed by atoms with E-state index in [4.69, 9.17) is 5.73 Å². The van der Waals surface area contributed by atoms with Gasteiger partial charge in [-0.25, -0.2) is 0 Å². The first kappa shape index (κ1) is 8.32. The molecule has 0 spiro atoms. The van der Waals surface area contributed by atoms with Crippen LogP contribution >= 0.6 is 0 Å². The van der Waals surface area contributed by atoms with Crippen molar-refractivity contribution in [2.75, 3.05) is 0 Å². The van der Waals surface area contributed by atoms with E-state index < -0.39 is 0 Å². The van der Waals surface area contributed by atoms with Crippen LogP contribution in [0.2, 0.25) is 0 Å². The Hall–Kier alpha value is -1.28. The minimum absolute atomic E-state index is 0.217. The fraction of sp³-hybridized carbons (Fsp3) is 0.273. The average Bonchev–Trinajstić information content (AvgIpc) is 2.51. The van der Waals surface area contributed by atoms with Crippen LogP contribution in [0.5, 0.6) is 0 Å². The summed E-state index contributed by atoms with van der Waals surface area (Å²) in [5.41, 5.74) is 8.30. The van der Waals surface area contributed by atoms with Gasteiger partial charge in [0.1, 0.15) is 0 Å². The van der Waals surface area contributed by atoms with E-state index in [1.165, 1.54) is 16.5 Å². The van der Waals surface area contributed by atoms with Gasteiger partial charge >= 0.3 is 0 Å². The van der Waals surface area contributed by atoms with Crippen LogP contribution in [0.25, 0.3) is 10.9 Å². The zero-order valence-electron chi connectivity index (χ0n) is 7.75. The van der Waals surface area contributed by atoms with Gasteiger partial charge in [0, 0.05) is 17.8 Å². The van der Waals surface area contributed by atoms with E-state index in [1.807, 2.05) is 13.1 Å². The van der Waals surface area contributed by atoms with Crippen molar-refractivity contribution in [3.63, 3.8) is 0 Å². The normalized spacial score (nSPS) is 13.4. The molecule has 1 atom stereocenters. The third-order valence-corrected chi connectivity index (χ3v) is 2.22. The first-order chi connectivity index (χ1) is 6.27. The Labute approximate surface area is 77.8 Å². The Morgan fingerprint density at radius 1 is 1.38 bits per heavy atom. The van der Waals surface area contributed by atoms with Crippen LogP contribution in [0, 0.1) is 0 Å². The highest BCUT2D eigenvalue weighted by molar-refractivity contribution is 5.82. The summed E-state index contributed by atoms with van der Waals surface area (Å²) in [5.74, 6) is 0. The van der Waals surface area contributed by atoms with Crippen molar-refractivity contribution < 1.29 is 0 Å². The van der Waals surface area contributed by atoms with Gasteiger partial charge < -0.3 is 10.7 Å². The van der Waals surface area contributed by atoms with Crippen LogP contribution in [0.15, 0.2) is 30.5 Å². The van der Waals surface area contributed by atoms with Crippen molar-refractivity contribution in [3.05, 3.63) is 36.0 Å². The molecule has 0 aliphatic heterocycles. The molecule has 0 aliphatic carbocycles. The lowest BCUT2D eigenvalue weighted by atomic mass is 10.1. The van der Waals surface area contributed by atoms with E-state index in [0.29, 0.717) is 0 Å². The summed E-state index contributed by atoms with van der Waals surface area (Å²) in [7, 11) is 0. The van der Waals surface area contributed by atoms with Crippen LogP contribution in [-0.4, -0.2) is 11.0 Å². The van der Waals surface area contributed by atoms with Crippen molar-refractivity contribution in [2.45, 2.75) is 19.4 Å². The number of hydrogen-bond acceptors (Lipinski definition) is 1. The second kappa shape index (κ2) is 3.23. The SMILES string of the molecule is C[C@@H](N)Cc1cccc2cc[nH]c12. The fourth-order valence-corrected chi connectivity index (χ4v) is 1.67. The zero-order chi connectivity index (χ0) is 9.26. The predicted octanol–water partition coefficient (Wildman–Crippen LogP) is 2.06. The molecule has 2 nitrogen and oxygen atoms in total. The maximum Gasteiger partial charge on any atom is 0.0487 e. The third-order valence-electron chi connectivity index (χ3n) is 2.22. The van der Waals surface area contributed by atoms with Gasteiger partial charge in [-0.3, -0.25) is 0 Å². The molecule has 1 aromatic heterocycles. The lowest BCUT2D eigenvalue weighted by molar-refractivity contribution is 0.741. The van der Waals surface area contributed by atoms with Crippen LogP contribution < -0.4 is 5.73 Å². The number of rotatable bonds is 2. The molecule has 2 heteroatoms. The molecule has 1 aromatic carbocycles. The summed E-state index contributed by atoms with van der Waals surface area (Å²) < 4.78 is 0. The molecular formula is C11H14N2. The number of hydrogen-bond donors (Lipinski definition) is 2. The average molecular weight is 174 g/mol. The van der Waals surface area contributed by atoms with E-state index in [2.05, 4.69) is 29.2 Å². The van der Waals surface area contributed by atoms with Crippen molar-refractivity contribution >= 4 is 10.9 Å². The maximum atomic E-state index is 5.77. The first-order valence-electron chi connectivity index (χ1n) is 4.58. The highest BCUT2D eigenvalue weighted by Crippen LogP contribution is 2.17. The Morgan fingerprint density at radius 3 is 3.00 bits per heavy atom. The monoisotopic (exact) mass is 174 g/mol. The number of aromatic amines is 1. The van der Waals surface area contributed by atoms with Crippen LogP contribution in [0.3, 0.4) is 0 Å². The lowest BCUT2D eigenvalue weighted by Crippen LogP contribution is -2.17. The smallest absolute Gasteiger partial charge is 0.0487 e. The Balaban J connectivity index is 2.48. The van der Waals surface area contributed by atoms with E-state index in [9.17, 15) is 0 Å². The molecule has 68 valence electrons. The van der Waals surface area contributed by atoms with Gasteiger partial charge in [-0.1, -0.05) is 18.2 Å². The number of benzene rings is 1. The van der Waals surface area contributed by atoms with Crippen molar-refractivity contribution in [1.29, 1.82) is 0 Å². The van der Waals surface area contributed by atoms with E-state index in [-0.39, 0.29) is 6.04 Å². The number of nitrogens with one attached hydrogen (secondary N) is 1.